The molecule has 2 N–H and O–H groups in total. The van der Waals surface area contributed by atoms with E-state index in [0.717, 1.165) is 16.8 Å². The number of nitrogens with one attached hydrogen (secondary N) is 2. The van der Waals surface area contributed by atoms with Crippen LogP contribution in [0.3, 0.4) is 0 Å². The molecule has 0 aliphatic carbocycles. The third-order valence-corrected chi connectivity index (χ3v) is 5.72. The molecule has 0 aliphatic rings. The van der Waals surface area contributed by atoms with Gasteiger partial charge in [0.1, 0.15) is 5.82 Å². The number of methoxy groups -OCH3 is 2. The summed E-state index contributed by atoms with van der Waals surface area (Å²) >= 11 is 0. The van der Waals surface area contributed by atoms with Crippen LogP contribution in [0.5, 0.6) is 11.5 Å². The highest BCUT2D eigenvalue weighted by molar-refractivity contribution is 5.92. The maximum absolute atomic E-state index is 12.7. The summed E-state index contributed by atoms with van der Waals surface area (Å²) in [6.07, 6.45) is 0. The summed E-state index contributed by atoms with van der Waals surface area (Å²) in [7, 11) is 3.05. The quantitative estimate of drug-likeness (QED) is 0.381. The van der Waals surface area contributed by atoms with Gasteiger partial charge in [0.05, 0.1) is 38.2 Å². The first-order valence-electron chi connectivity index (χ1n) is 11.3. The van der Waals surface area contributed by atoms with Crippen molar-refractivity contribution in [2.45, 2.75) is 13.5 Å². The molecule has 0 bridgehead atoms. The molecule has 4 aromatic rings. The van der Waals surface area contributed by atoms with Crippen LogP contribution in [0, 0.1) is 0 Å². The lowest BCUT2D eigenvalue weighted by Crippen LogP contribution is -2.33. The van der Waals surface area contributed by atoms with Crippen molar-refractivity contribution in [3.05, 3.63) is 82.9 Å². The van der Waals surface area contributed by atoms with Crippen LogP contribution in [0.15, 0.2) is 71.5 Å². The number of likely N-dealkylation sites (N-methyl/N-ethyl adjacent to an activating group) is 1. The van der Waals surface area contributed by atoms with Crippen LogP contribution in [0.1, 0.15) is 12.7 Å². The smallest absolute Gasteiger partial charge is 0.258 e. The van der Waals surface area contributed by atoms with Gasteiger partial charge in [0, 0.05) is 11.8 Å². The number of hydrogen-bond donors (Lipinski definition) is 2. The van der Waals surface area contributed by atoms with Crippen LogP contribution in [0.25, 0.3) is 22.0 Å². The lowest BCUT2D eigenvalue weighted by atomic mass is 10.1. The second-order valence-electron chi connectivity index (χ2n) is 8.03. The number of fused-ring (bicyclic) bond motifs is 1. The molecular weight excluding hydrogens is 444 g/mol. The predicted molar refractivity (Wildman–Crippen MR) is 137 cm³/mol. The van der Waals surface area contributed by atoms with Gasteiger partial charge < -0.3 is 19.8 Å². The maximum atomic E-state index is 12.7. The van der Waals surface area contributed by atoms with Crippen LogP contribution < -0.4 is 20.3 Å². The van der Waals surface area contributed by atoms with E-state index in [2.05, 4.69) is 15.3 Å². The van der Waals surface area contributed by atoms with E-state index in [1.54, 1.807) is 12.1 Å². The Morgan fingerprint density at radius 3 is 2.29 bits per heavy atom. The van der Waals surface area contributed by atoms with E-state index >= 15 is 0 Å². The molecule has 0 atom stereocenters. The Kier molecular flexibility index (Phi) is 7.42. The number of aromatic amines is 1. The third kappa shape index (κ3) is 5.67. The van der Waals surface area contributed by atoms with Gasteiger partial charge in [-0.1, -0.05) is 49.4 Å². The number of hydrogen-bond acceptors (Lipinski definition) is 6. The zero-order chi connectivity index (χ0) is 24.8. The van der Waals surface area contributed by atoms with Crippen molar-refractivity contribution in [1.82, 2.24) is 14.9 Å². The number of carbonyl (C=O) groups excluding carboxylic acids is 1. The first-order valence-corrected chi connectivity index (χ1v) is 11.3. The molecule has 0 spiro atoms. The van der Waals surface area contributed by atoms with Gasteiger partial charge in [0.2, 0.25) is 5.91 Å². The zero-order valence-electron chi connectivity index (χ0n) is 20.0. The van der Waals surface area contributed by atoms with Crippen molar-refractivity contribution in [3.8, 4) is 22.6 Å². The average Bonchev–Trinajstić information content (AvgIpc) is 2.88. The second kappa shape index (κ2) is 10.8. The van der Waals surface area contributed by atoms with Gasteiger partial charge in [0.15, 0.2) is 11.5 Å². The highest BCUT2D eigenvalue weighted by atomic mass is 16.5. The van der Waals surface area contributed by atoms with Crippen LogP contribution >= 0.6 is 0 Å². The summed E-state index contributed by atoms with van der Waals surface area (Å²) in [6, 6.07) is 21.1. The van der Waals surface area contributed by atoms with Gasteiger partial charge in [-0.15, -0.1) is 0 Å². The minimum absolute atomic E-state index is 0.145. The molecule has 0 aliphatic heterocycles. The van der Waals surface area contributed by atoms with Crippen LogP contribution in [-0.4, -0.2) is 48.1 Å². The molecule has 0 unspecified atom stereocenters. The van der Waals surface area contributed by atoms with Crippen molar-refractivity contribution >= 4 is 22.5 Å². The first kappa shape index (κ1) is 24.0. The summed E-state index contributed by atoms with van der Waals surface area (Å²) in [5.41, 5.74) is 3.16. The van der Waals surface area contributed by atoms with Crippen LogP contribution in [-0.2, 0) is 11.3 Å². The molecular formula is C27H28N4O4. The molecule has 0 radical (unpaired) electrons. The van der Waals surface area contributed by atoms with E-state index in [0.29, 0.717) is 41.3 Å². The van der Waals surface area contributed by atoms with Gasteiger partial charge in [0.25, 0.3) is 5.56 Å². The van der Waals surface area contributed by atoms with Crippen molar-refractivity contribution in [2.75, 3.05) is 32.6 Å². The number of rotatable bonds is 9. The van der Waals surface area contributed by atoms with Gasteiger partial charge in [-0.25, -0.2) is 4.98 Å². The molecule has 0 saturated carbocycles. The average molecular weight is 473 g/mol. The SMILES string of the molecule is CCN(CC(=O)Nc1ccc(-c2ccccc2)cc1)Cc1nc2cc(OC)c(OC)cc2c(=O)[nH]1. The fraction of sp³-hybridized carbons (Fsp3) is 0.222. The Balaban J connectivity index is 1.44. The number of carbonyl (C=O) groups is 1. The summed E-state index contributed by atoms with van der Waals surface area (Å²) in [5.74, 6) is 1.28. The number of aromatic nitrogens is 2. The molecule has 8 heteroatoms. The van der Waals surface area contributed by atoms with Crippen molar-refractivity contribution in [1.29, 1.82) is 0 Å². The zero-order valence-corrected chi connectivity index (χ0v) is 20.0. The third-order valence-electron chi connectivity index (χ3n) is 5.72. The molecule has 1 amide bonds. The molecule has 35 heavy (non-hydrogen) atoms. The fourth-order valence-corrected chi connectivity index (χ4v) is 3.86. The maximum Gasteiger partial charge on any atom is 0.258 e. The molecule has 1 aromatic heterocycles. The Morgan fingerprint density at radius 2 is 1.63 bits per heavy atom. The van der Waals surface area contributed by atoms with Gasteiger partial charge in [-0.2, -0.15) is 0 Å². The molecule has 8 nitrogen and oxygen atoms in total. The highest BCUT2D eigenvalue weighted by Gasteiger charge is 2.15. The van der Waals surface area contributed by atoms with E-state index in [1.165, 1.54) is 14.2 Å². The molecule has 0 saturated heterocycles. The molecule has 3 aromatic carbocycles. The Morgan fingerprint density at radius 1 is 0.971 bits per heavy atom. The van der Waals surface area contributed by atoms with E-state index in [-0.39, 0.29) is 18.0 Å². The lowest BCUT2D eigenvalue weighted by molar-refractivity contribution is -0.117. The van der Waals surface area contributed by atoms with Crippen molar-refractivity contribution in [2.24, 2.45) is 0 Å². The van der Waals surface area contributed by atoms with E-state index in [4.69, 9.17) is 9.47 Å². The fourth-order valence-electron chi connectivity index (χ4n) is 3.86. The number of amides is 1. The molecule has 1 heterocycles. The molecule has 180 valence electrons. The van der Waals surface area contributed by atoms with Crippen molar-refractivity contribution < 1.29 is 14.3 Å². The highest BCUT2D eigenvalue weighted by Crippen LogP contribution is 2.30. The standard InChI is InChI=1S/C27H28N4O4/c1-4-31(16-25-29-22-15-24(35-3)23(34-2)14-21(22)27(33)30-25)17-26(32)28-20-12-10-19(11-13-20)18-8-6-5-7-9-18/h5-15H,4,16-17H2,1-3H3,(H,28,32)(H,29,30,33). The normalized spacial score (nSPS) is 11.0. The van der Waals surface area contributed by atoms with Gasteiger partial charge >= 0.3 is 0 Å². The summed E-state index contributed by atoms with van der Waals surface area (Å²) in [4.78, 5) is 34.6. The van der Waals surface area contributed by atoms with Crippen molar-refractivity contribution in [3.63, 3.8) is 0 Å². The van der Waals surface area contributed by atoms with E-state index < -0.39 is 0 Å². The van der Waals surface area contributed by atoms with Crippen LogP contribution in [0.4, 0.5) is 5.69 Å². The lowest BCUT2D eigenvalue weighted by Gasteiger charge is -2.19. The topological polar surface area (TPSA) is 96.6 Å². The minimum atomic E-state index is -0.273. The van der Waals surface area contributed by atoms with Crippen LogP contribution in [0.2, 0.25) is 0 Å². The summed E-state index contributed by atoms with van der Waals surface area (Å²) < 4.78 is 10.6. The summed E-state index contributed by atoms with van der Waals surface area (Å²) in [6.45, 7) is 3.03. The Labute approximate surface area is 203 Å². The number of benzene rings is 3. The molecule has 4 rings (SSSR count). The van der Waals surface area contributed by atoms with E-state index in [1.807, 2.05) is 66.4 Å². The summed E-state index contributed by atoms with van der Waals surface area (Å²) in [5, 5.41) is 3.35. The largest absolute Gasteiger partial charge is 0.493 e. The number of nitrogens with zero attached hydrogens (tertiary/aromatic N) is 2. The van der Waals surface area contributed by atoms with Gasteiger partial charge in [-0.05, 0) is 35.9 Å². The first-order chi connectivity index (χ1) is 17.0. The second-order valence-corrected chi connectivity index (χ2v) is 8.03. The van der Waals surface area contributed by atoms with E-state index in [9.17, 15) is 9.59 Å². The monoisotopic (exact) mass is 472 g/mol. The Bertz CT molecular complexity index is 1370. The number of anilines is 1. The van der Waals surface area contributed by atoms with Gasteiger partial charge in [-0.3, -0.25) is 14.5 Å². The minimum Gasteiger partial charge on any atom is -0.493 e. The Hall–Kier alpha value is -4.17. The number of ether oxygens (including phenoxy) is 2. The number of H-pyrrole nitrogens is 1. The molecule has 0 fully saturated rings. The predicted octanol–water partition coefficient (Wildman–Crippen LogP) is 4.07.